The molecule has 0 unspecified atom stereocenters. The summed E-state index contributed by atoms with van der Waals surface area (Å²) in [4.78, 5) is 12.1. The molecule has 6 nitrogen and oxygen atoms in total. The third-order valence-corrected chi connectivity index (χ3v) is 4.16. The molecule has 0 aliphatic rings. The number of nitrogens with two attached hydrogens (primary N) is 1. The quantitative estimate of drug-likeness (QED) is 0.801. The smallest absolute Gasteiger partial charge is 0.308 e. The Balaban J connectivity index is 2.15. The van der Waals surface area contributed by atoms with Gasteiger partial charge in [0.15, 0.2) is 0 Å². The lowest BCUT2D eigenvalue weighted by Gasteiger charge is -2.14. The first kappa shape index (κ1) is 17.0. The molecule has 0 aromatic heterocycles. The monoisotopic (exact) mass is 333 g/mol. The number of rotatable bonds is 4. The van der Waals surface area contributed by atoms with Crippen molar-refractivity contribution in [2.75, 3.05) is 10.6 Å². The SMILES string of the molecule is CC(C)c1ccccc1NC(=O)Nc1cccc(S(N)(=O)=O)c1. The summed E-state index contributed by atoms with van der Waals surface area (Å²) in [7, 11) is -3.81. The van der Waals surface area contributed by atoms with E-state index in [1.165, 1.54) is 18.2 Å². The standard InChI is InChI=1S/C16H19N3O3S/c1-11(2)14-8-3-4-9-15(14)19-16(20)18-12-6-5-7-13(10-12)23(17,21)22/h3-11H,1-2H3,(H2,17,21,22)(H2,18,19,20). The van der Waals surface area contributed by atoms with E-state index in [1.54, 1.807) is 6.07 Å². The number of hydrogen-bond donors (Lipinski definition) is 3. The van der Waals surface area contributed by atoms with E-state index in [9.17, 15) is 13.2 Å². The van der Waals surface area contributed by atoms with Crippen LogP contribution < -0.4 is 15.8 Å². The second-order valence-electron chi connectivity index (χ2n) is 5.39. The van der Waals surface area contributed by atoms with Crippen LogP contribution in [0.15, 0.2) is 53.4 Å². The van der Waals surface area contributed by atoms with Crippen LogP contribution >= 0.6 is 0 Å². The average Bonchev–Trinajstić information content (AvgIpc) is 2.46. The van der Waals surface area contributed by atoms with Gasteiger partial charge in [0.25, 0.3) is 0 Å². The molecule has 0 aliphatic carbocycles. The summed E-state index contributed by atoms with van der Waals surface area (Å²) >= 11 is 0. The molecule has 0 saturated heterocycles. The first-order valence-electron chi connectivity index (χ1n) is 7.07. The summed E-state index contributed by atoms with van der Waals surface area (Å²) in [6.45, 7) is 4.07. The van der Waals surface area contributed by atoms with Crippen LogP contribution in [0.5, 0.6) is 0 Å². The number of benzene rings is 2. The zero-order valence-electron chi connectivity index (χ0n) is 12.9. The highest BCUT2D eigenvalue weighted by molar-refractivity contribution is 7.89. The van der Waals surface area contributed by atoms with E-state index in [4.69, 9.17) is 5.14 Å². The van der Waals surface area contributed by atoms with Crippen LogP contribution in [0.3, 0.4) is 0 Å². The van der Waals surface area contributed by atoms with Crippen molar-refractivity contribution in [2.24, 2.45) is 5.14 Å². The Morgan fingerprint density at radius 2 is 1.74 bits per heavy atom. The Bertz CT molecular complexity index is 817. The Morgan fingerprint density at radius 3 is 2.39 bits per heavy atom. The molecule has 2 amide bonds. The van der Waals surface area contributed by atoms with E-state index in [2.05, 4.69) is 10.6 Å². The number of carbonyl (C=O) groups is 1. The molecule has 7 heteroatoms. The molecule has 0 heterocycles. The van der Waals surface area contributed by atoms with Crippen LogP contribution in [0, 0.1) is 0 Å². The number of amides is 2. The zero-order valence-corrected chi connectivity index (χ0v) is 13.7. The summed E-state index contributed by atoms with van der Waals surface area (Å²) in [6, 6.07) is 12.8. The van der Waals surface area contributed by atoms with Crippen molar-refractivity contribution in [2.45, 2.75) is 24.7 Å². The topological polar surface area (TPSA) is 101 Å². The van der Waals surface area contributed by atoms with Crippen molar-refractivity contribution in [3.63, 3.8) is 0 Å². The maximum atomic E-state index is 12.1. The number of para-hydroxylation sites is 1. The maximum Gasteiger partial charge on any atom is 0.323 e. The number of hydrogen-bond acceptors (Lipinski definition) is 3. The van der Waals surface area contributed by atoms with Crippen LogP contribution in [0.25, 0.3) is 0 Å². The predicted molar refractivity (Wildman–Crippen MR) is 91.0 cm³/mol. The third kappa shape index (κ3) is 4.54. The van der Waals surface area contributed by atoms with E-state index in [-0.39, 0.29) is 10.8 Å². The van der Waals surface area contributed by atoms with E-state index >= 15 is 0 Å². The minimum absolute atomic E-state index is 0.0575. The molecule has 0 radical (unpaired) electrons. The lowest BCUT2D eigenvalue weighted by Crippen LogP contribution is -2.21. The highest BCUT2D eigenvalue weighted by Crippen LogP contribution is 2.24. The van der Waals surface area contributed by atoms with E-state index in [1.807, 2.05) is 38.1 Å². The van der Waals surface area contributed by atoms with Gasteiger partial charge in [0.05, 0.1) is 4.90 Å². The Kier molecular flexibility index (Phi) is 5.02. The summed E-state index contributed by atoms with van der Waals surface area (Å²) in [5.41, 5.74) is 2.07. The fourth-order valence-corrected chi connectivity index (χ4v) is 2.71. The van der Waals surface area contributed by atoms with Gasteiger partial charge in [-0.05, 0) is 35.7 Å². The number of urea groups is 1. The number of carbonyl (C=O) groups excluding carboxylic acids is 1. The molecule has 0 bridgehead atoms. The molecule has 2 aromatic rings. The summed E-state index contributed by atoms with van der Waals surface area (Å²) in [5.74, 6) is 0.261. The highest BCUT2D eigenvalue weighted by Gasteiger charge is 2.11. The van der Waals surface area contributed by atoms with E-state index < -0.39 is 16.1 Å². The second-order valence-corrected chi connectivity index (χ2v) is 6.96. The largest absolute Gasteiger partial charge is 0.323 e. The molecular weight excluding hydrogens is 314 g/mol. The van der Waals surface area contributed by atoms with Crippen molar-refractivity contribution in [1.82, 2.24) is 0 Å². The highest BCUT2D eigenvalue weighted by atomic mass is 32.2. The minimum Gasteiger partial charge on any atom is -0.308 e. The van der Waals surface area contributed by atoms with Gasteiger partial charge < -0.3 is 10.6 Å². The number of anilines is 2. The minimum atomic E-state index is -3.81. The molecule has 122 valence electrons. The average molecular weight is 333 g/mol. The fourth-order valence-electron chi connectivity index (χ4n) is 2.15. The van der Waals surface area contributed by atoms with Gasteiger partial charge in [-0.3, -0.25) is 0 Å². The van der Waals surface area contributed by atoms with Gasteiger partial charge in [-0.25, -0.2) is 18.4 Å². The van der Waals surface area contributed by atoms with Crippen molar-refractivity contribution < 1.29 is 13.2 Å². The summed E-state index contributed by atoms with van der Waals surface area (Å²) < 4.78 is 22.7. The molecule has 0 aliphatic heterocycles. The van der Waals surface area contributed by atoms with Gasteiger partial charge in [-0.15, -0.1) is 0 Å². The Hall–Kier alpha value is -2.38. The maximum absolute atomic E-state index is 12.1. The first-order valence-corrected chi connectivity index (χ1v) is 8.62. The first-order chi connectivity index (χ1) is 10.8. The molecule has 0 saturated carbocycles. The van der Waals surface area contributed by atoms with Gasteiger partial charge in [0.1, 0.15) is 0 Å². The number of nitrogens with one attached hydrogen (secondary N) is 2. The van der Waals surface area contributed by atoms with Crippen LogP contribution in [-0.2, 0) is 10.0 Å². The van der Waals surface area contributed by atoms with Crippen molar-refractivity contribution >= 4 is 27.4 Å². The van der Waals surface area contributed by atoms with E-state index in [0.717, 1.165) is 5.56 Å². The molecule has 0 atom stereocenters. The van der Waals surface area contributed by atoms with Crippen molar-refractivity contribution in [3.05, 3.63) is 54.1 Å². The van der Waals surface area contributed by atoms with Gasteiger partial charge in [0.2, 0.25) is 10.0 Å². The van der Waals surface area contributed by atoms with Crippen LogP contribution in [0.1, 0.15) is 25.3 Å². The lowest BCUT2D eigenvalue weighted by molar-refractivity contribution is 0.262. The predicted octanol–water partition coefficient (Wildman–Crippen LogP) is 3.10. The molecule has 0 spiro atoms. The van der Waals surface area contributed by atoms with Gasteiger partial charge in [-0.1, -0.05) is 38.1 Å². The molecule has 2 rings (SSSR count). The third-order valence-electron chi connectivity index (χ3n) is 3.25. The van der Waals surface area contributed by atoms with Crippen LogP contribution in [-0.4, -0.2) is 14.4 Å². The van der Waals surface area contributed by atoms with Crippen LogP contribution in [0.2, 0.25) is 0 Å². The summed E-state index contributed by atoms with van der Waals surface area (Å²) in [5, 5.41) is 10.4. The fraction of sp³-hybridized carbons (Fsp3) is 0.188. The number of sulfonamides is 1. The second kappa shape index (κ2) is 6.80. The molecule has 0 fully saturated rings. The normalized spacial score (nSPS) is 11.3. The van der Waals surface area contributed by atoms with Crippen LogP contribution in [0.4, 0.5) is 16.2 Å². The van der Waals surface area contributed by atoms with Crippen molar-refractivity contribution in [1.29, 1.82) is 0 Å². The van der Waals surface area contributed by atoms with Gasteiger partial charge in [-0.2, -0.15) is 0 Å². The molecular formula is C16H19N3O3S. The molecule has 4 N–H and O–H groups in total. The van der Waals surface area contributed by atoms with Gasteiger partial charge >= 0.3 is 6.03 Å². The molecule has 2 aromatic carbocycles. The number of primary sulfonamides is 1. The lowest BCUT2D eigenvalue weighted by atomic mass is 10.0. The summed E-state index contributed by atoms with van der Waals surface area (Å²) in [6.07, 6.45) is 0. The van der Waals surface area contributed by atoms with E-state index in [0.29, 0.717) is 11.4 Å². The van der Waals surface area contributed by atoms with Crippen molar-refractivity contribution in [3.8, 4) is 0 Å². The Morgan fingerprint density at radius 1 is 1.04 bits per heavy atom. The van der Waals surface area contributed by atoms with Gasteiger partial charge in [0, 0.05) is 11.4 Å². The Labute approximate surface area is 135 Å². The zero-order chi connectivity index (χ0) is 17.0. The molecule has 23 heavy (non-hydrogen) atoms.